The van der Waals surface area contributed by atoms with E-state index in [0.717, 1.165) is 48.3 Å². The zero-order chi connectivity index (χ0) is 18.8. The van der Waals surface area contributed by atoms with Crippen LogP contribution in [-0.2, 0) is 0 Å². The zero-order valence-corrected chi connectivity index (χ0v) is 16.0. The minimum absolute atomic E-state index is 0.0786. The molecule has 0 spiro atoms. The maximum absolute atomic E-state index is 13.4. The van der Waals surface area contributed by atoms with Crippen molar-refractivity contribution in [3.8, 4) is 11.3 Å². The average Bonchev–Trinajstić information content (AvgIpc) is 2.70. The zero-order valence-electron chi connectivity index (χ0n) is 14.4. The second-order valence-electron chi connectivity index (χ2n) is 6.35. The van der Waals surface area contributed by atoms with Gasteiger partial charge in [-0.25, -0.2) is 9.37 Å². The number of nitrogens with zero attached hydrogens (tertiary/aromatic N) is 4. The molecule has 0 bridgehead atoms. The van der Waals surface area contributed by atoms with Crippen molar-refractivity contribution in [3.05, 3.63) is 70.7 Å². The van der Waals surface area contributed by atoms with E-state index in [9.17, 15) is 4.39 Å². The van der Waals surface area contributed by atoms with E-state index < -0.39 is 5.82 Å². The van der Waals surface area contributed by atoms with E-state index in [1.165, 1.54) is 6.07 Å². The highest BCUT2D eigenvalue weighted by Gasteiger charge is 2.19. The Hall–Kier alpha value is -2.37. The summed E-state index contributed by atoms with van der Waals surface area (Å²) in [5.74, 6) is 0.361. The summed E-state index contributed by atoms with van der Waals surface area (Å²) in [6.45, 7) is 3.40. The highest BCUT2D eigenvalue weighted by Crippen LogP contribution is 2.26. The molecule has 0 N–H and O–H groups in total. The van der Waals surface area contributed by atoms with Gasteiger partial charge in [0, 0.05) is 42.5 Å². The quantitative estimate of drug-likeness (QED) is 0.622. The van der Waals surface area contributed by atoms with Crippen molar-refractivity contribution in [2.24, 2.45) is 0 Å². The molecule has 27 heavy (non-hydrogen) atoms. The van der Waals surface area contributed by atoms with Crippen molar-refractivity contribution in [3.63, 3.8) is 0 Å². The van der Waals surface area contributed by atoms with Gasteiger partial charge in [-0.05, 0) is 36.4 Å². The molecule has 138 valence electrons. The third kappa shape index (κ3) is 3.99. The standard InChI is InChI=1S/C20H17Cl2FN4/c21-15-2-1-3-16(11-15)26-6-8-27(9-7-26)20-13-24-12-19(25-20)14-4-5-18(23)17(22)10-14/h1-5,10-13H,6-9H2. The minimum Gasteiger partial charge on any atom is -0.368 e. The van der Waals surface area contributed by atoms with Crippen molar-refractivity contribution in [1.82, 2.24) is 9.97 Å². The Balaban J connectivity index is 1.49. The fourth-order valence-corrected chi connectivity index (χ4v) is 3.53. The van der Waals surface area contributed by atoms with E-state index >= 15 is 0 Å². The van der Waals surface area contributed by atoms with Crippen LogP contribution in [0.15, 0.2) is 54.9 Å². The first-order valence-electron chi connectivity index (χ1n) is 8.63. The van der Waals surface area contributed by atoms with Gasteiger partial charge in [0.05, 0.1) is 23.1 Å². The molecular weight excluding hydrogens is 386 g/mol. The topological polar surface area (TPSA) is 32.3 Å². The van der Waals surface area contributed by atoms with Crippen LogP contribution in [-0.4, -0.2) is 36.1 Å². The molecule has 3 aromatic rings. The van der Waals surface area contributed by atoms with E-state index in [-0.39, 0.29) is 5.02 Å². The van der Waals surface area contributed by atoms with Crippen molar-refractivity contribution in [2.75, 3.05) is 36.0 Å². The highest BCUT2D eigenvalue weighted by molar-refractivity contribution is 6.31. The van der Waals surface area contributed by atoms with Crippen LogP contribution in [0.5, 0.6) is 0 Å². The molecular formula is C20H17Cl2FN4. The maximum atomic E-state index is 13.4. The van der Waals surface area contributed by atoms with Crippen molar-refractivity contribution in [2.45, 2.75) is 0 Å². The van der Waals surface area contributed by atoms with Crippen molar-refractivity contribution in [1.29, 1.82) is 0 Å². The van der Waals surface area contributed by atoms with Gasteiger partial charge in [0.1, 0.15) is 11.6 Å². The number of halogens is 3. The van der Waals surface area contributed by atoms with Gasteiger partial charge in [-0.1, -0.05) is 29.3 Å². The lowest BCUT2D eigenvalue weighted by molar-refractivity contribution is 0.628. The minimum atomic E-state index is -0.443. The molecule has 4 nitrogen and oxygen atoms in total. The Bertz CT molecular complexity index is 958. The van der Waals surface area contributed by atoms with Gasteiger partial charge >= 0.3 is 0 Å². The molecule has 1 aliphatic rings. The van der Waals surface area contributed by atoms with Crippen LogP contribution in [0.3, 0.4) is 0 Å². The Morgan fingerprint density at radius 1 is 0.889 bits per heavy atom. The monoisotopic (exact) mass is 402 g/mol. The molecule has 0 radical (unpaired) electrons. The number of aromatic nitrogens is 2. The number of anilines is 2. The van der Waals surface area contributed by atoms with Crippen LogP contribution < -0.4 is 9.80 Å². The van der Waals surface area contributed by atoms with Gasteiger partial charge in [-0.3, -0.25) is 4.98 Å². The molecule has 0 saturated carbocycles. The van der Waals surface area contributed by atoms with E-state index in [4.69, 9.17) is 28.2 Å². The molecule has 0 aliphatic carbocycles. The molecule has 1 aromatic heterocycles. The highest BCUT2D eigenvalue weighted by atomic mass is 35.5. The summed E-state index contributed by atoms with van der Waals surface area (Å²) in [5.41, 5.74) is 2.54. The largest absolute Gasteiger partial charge is 0.368 e. The molecule has 0 unspecified atom stereocenters. The lowest BCUT2D eigenvalue weighted by Crippen LogP contribution is -2.46. The molecule has 1 saturated heterocycles. The van der Waals surface area contributed by atoms with Crippen molar-refractivity contribution < 1.29 is 4.39 Å². The third-order valence-corrected chi connectivity index (χ3v) is 5.14. The van der Waals surface area contributed by atoms with E-state index in [2.05, 4.69) is 20.9 Å². The third-order valence-electron chi connectivity index (χ3n) is 4.61. The van der Waals surface area contributed by atoms with Crippen molar-refractivity contribution >= 4 is 34.7 Å². The van der Waals surface area contributed by atoms with Gasteiger partial charge in [0.25, 0.3) is 0 Å². The van der Waals surface area contributed by atoms with Crippen LogP contribution >= 0.6 is 23.2 Å². The summed E-state index contributed by atoms with van der Waals surface area (Å²) in [6.07, 6.45) is 3.42. The Morgan fingerprint density at radius 2 is 1.67 bits per heavy atom. The summed E-state index contributed by atoms with van der Waals surface area (Å²) in [4.78, 5) is 13.5. The van der Waals surface area contributed by atoms with Crippen LogP contribution in [0, 0.1) is 5.82 Å². The number of rotatable bonds is 3. The lowest BCUT2D eigenvalue weighted by Gasteiger charge is -2.36. The van der Waals surface area contributed by atoms with Gasteiger partial charge in [-0.2, -0.15) is 0 Å². The van der Waals surface area contributed by atoms with Crippen LogP contribution in [0.1, 0.15) is 0 Å². The number of piperazine rings is 1. The molecule has 2 aromatic carbocycles. The van der Waals surface area contributed by atoms with Gasteiger partial charge in [-0.15, -0.1) is 0 Å². The Morgan fingerprint density at radius 3 is 2.41 bits per heavy atom. The van der Waals surface area contributed by atoms with Gasteiger partial charge in [0.15, 0.2) is 0 Å². The lowest BCUT2D eigenvalue weighted by atomic mass is 10.1. The summed E-state index contributed by atoms with van der Waals surface area (Å²) in [7, 11) is 0. The molecule has 1 fully saturated rings. The van der Waals surface area contributed by atoms with Crippen LogP contribution in [0.4, 0.5) is 15.9 Å². The molecule has 0 amide bonds. The first-order valence-corrected chi connectivity index (χ1v) is 9.39. The number of benzene rings is 2. The first-order chi connectivity index (χ1) is 13.1. The predicted molar refractivity (Wildman–Crippen MR) is 108 cm³/mol. The summed E-state index contributed by atoms with van der Waals surface area (Å²) >= 11 is 12.0. The molecule has 2 heterocycles. The number of hydrogen-bond donors (Lipinski definition) is 0. The SMILES string of the molecule is Fc1ccc(-c2cncc(N3CCN(c4cccc(Cl)c4)CC3)n2)cc1Cl. The summed E-state index contributed by atoms with van der Waals surface area (Å²) < 4.78 is 13.4. The second-order valence-corrected chi connectivity index (χ2v) is 7.19. The number of hydrogen-bond acceptors (Lipinski definition) is 4. The smallest absolute Gasteiger partial charge is 0.147 e. The van der Waals surface area contributed by atoms with E-state index in [1.807, 2.05) is 18.2 Å². The van der Waals surface area contributed by atoms with Gasteiger partial charge < -0.3 is 9.80 Å². The second kappa shape index (κ2) is 7.71. The molecule has 0 atom stereocenters. The molecule has 7 heteroatoms. The fraction of sp³-hybridized carbons (Fsp3) is 0.200. The van der Waals surface area contributed by atoms with E-state index in [1.54, 1.807) is 24.5 Å². The normalized spacial score (nSPS) is 14.5. The summed E-state index contributed by atoms with van der Waals surface area (Å²) in [5, 5.41) is 0.821. The molecule has 1 aliphatic heterocycles. The molecule has 4 rings (SSSR count). The van der Waals surface area contributed by atoms with Crippen LogP contribution in [0.25, 0.3) is 11.3 Å². The van der Waals surface area contributed by atoms with E-state index in [0.29, 0.717) is 5.69 Å². The first kappa shape index (κ1) is 18.0. The fourth-order valence-electron chi connectivity index (χ4n) is 3.17. The van der Waals surface area contributed by atoms with Crippen LogP contribution in [0.2, 0.25) is 10.0 Å². The Labute approximate surface area is 167 Å². The average molecular weight is 403 g/mol. The van der Waals surface area contributed by atoms with Gasteiger partial charge in [0.2, 0.25) is 0 Å². The Kier molecular flexibility index (Phi) is 5.14. The maximum Gasteiger partial charge on any atom is 0.147 e. The summed E-state index contributed by atoms with van der Waals surface area (Å²) in [6, 6.07) is 12.5. The predicted octanol–water partition coefficient (Wildman–Crippen LogP) is 4.92.